The van der Waals surface area contributed by atoms with Gasteiger partial charge in [-0.15, -0.1) is 0 Å². The van der Waals surface area contributed by atoms with Gasteiger partial charge in [0, 0.05) is 18.7 Å². The van der Waals surface area contributed by atoms with Crippen molar-refractivity contribution in [2.75, 3.05) is 13.6 Å². The van der Waals surface area contributed by atoms with Crippen molar-refractivity contribution in [3.8, 4) is 0 Å². The molecule has 3 heteroatoms. The molecule has 0 radical (unpaired) electrons. The number of hydrogen-bond donors (Lipinski definition) is 1. The van der Waals surface area contributed by atoms with Gasteiger partial charge in [-0.05, 0) is 51.1 Å². The molecule has 0 aliphatic heterocycles. The van der Waals surface area contributed by atoms with Crippen molar-refractivity contribution in [2.45, 2.75) is 58.6 Å². The lowest BCUT2D eigenvalue weighted by Crippen LogP contribution is -2.37. The average molecular weight is 279 g/mol. The van der Waals surface area contributed by atoms with Gasteiger partial charge < -0.3 is 14.4 Å². The smallest absolute Gasteiger partial charge is 0.105 e. The van der Waals surface area contributed by atoms with Crippen LogP contribution in [0.4, 0.5) is 0 Å². The summed E-state index contributed by atoms with van der Waals surface area (Å²) in [6, 6.07) is 2.04. The van der Waals surface area contributed by atoms with Gasteiger partial charge in [-0.1, -0.05) is 19.8 Å². The van der Waals surface area contributed by atoms with Gasteiger partial charge in [0.2, 0.25) is 0 Å². The Kier molecular flexibility index (Phi) is 5.67. The highest BCUT2D eigenvalue weighted by Gasteiger charge is 2.29. The summed E-state index contributed by atoms with van der Waals surface area (Å²) in [6.45, 7) is 6.15. The first-order valence-corrected chi connectivity index (χ1v) is 7.99. The zero-order valence-corrected chi connectivity index (χ0v) is 13.1. The fourth-order valence-corrected chi connectivity index (χ4v) is 3.54. The zero-order valence-electron chi connectivity index (χ0n) is 13.1. The molecule has 0 amide bonds. The minimum Gasteiger partial charge on any atom is -0.469 e. The number of hydrogen-bond acceptors (Lipinski definition) is 3. The van der Waals surface area contributed by atoms with E-state index in [1.54, 1.807) is 6.26 Å². The summed E-state index contributed by atoms with van der Waals surface area (Å²) < 4.78 is 5.35. The monoisotopic (exact) mass is 279 g/mol. The largest absolute Gasteiger partial charge is 0.469 e. The fourth-order valence-electron chi connectivity index (χ4n) is 3.54. The molecule has 1 heterocycles. The minimum absolute atomic E-state index is 0.115. The first-order valence-electron chi connectivity index (χ1n) is 7.99. The van der Waals surface area contributed by atoms with Crippen LogP contribution in [0.2, 0.25) is 0 Å². The predicted molar refractivity (Wildman–Crippen MR) is 81.5 cm³/mol. The SMILES string of the molecule is CCCC1CCC(O)C(CN(C)Cc2ccoc2C)C1. The standard InChI is InChI=1S/C17H29NO2/c1-4-5-14-6-7-17(19)16(10-14)12-18(3)11-15-8-9-20-13(15)2/h8-9,14,16-17,19H,4-7,10-12H2,1-3H3. The molecular weight excluding hydrogens is 250 g/mol. The van der Waals surface area contributed by atoms with Crippen LogP contribution in [0.3, 0.4) is 0 Å². The first kappa shape index (κ1) is 15.6. The van der Waals surface area contributed by atoms with Gasteiger partial charge in [0.25, 0.3) is 0 Å². The molecule has 3 unspecified atom stereocenters. The van der Waals surface area contributed by atoms with Crippen LogP contribution in [0.25, 0.3) is 0 Å². The summed E-state index contributed by atoms with van der Waals surface area (Å²) in [5, 5.41) is 10.2. The third kappa shape index (κ3) is 4.10. The van der Waals surface area contributed by atoms with Crippen molar-refractivity contribution in [3.05, 3.63) is 23.7 Å². The summed E-state index contributed by atoms with van der Waals surface area (Å²) in [6.07, 6.45) is 7.58. The topological polar surface area (TPSA) is 36.6 Å². The minimum atomic E-state index is -0.115. The molecule has 0 bridgehead atoms. The Morgan fingerprint density at radius 3 is 2.85 bits per heavy atom. The number of furan rings is 1. The average Bonchev–Trinajstić information content (AvgIpc) is 2.79. The summed E-state index contributed by atoms with van der Waals surface area (Å²) in [4.78, 5) is 2.32. The molecule has 1 aliphatic rings. The number of rotatable bonds is 6. The Balaban J connectivity index is 1.85. The number of aryl methyl sites for hydroxylation is 1. The van der Waals surface area contributed by atoms with Gasteiger partial charge in [-0.2, -0.15) is 0 Å². The van der Waals surface area contributed by atoms with Crippen LogP contribution in [0.5, 0.6) is 0 Å². The van der Waals surface area contributed by atoms with Crippen LogP contribution >= 0.6 is 0 Å². The maximum absolute atomic E-state index is 10.2. The molecule has 0 aromatic carbocycles. The third-order valence-corrected chi connectivity index (χ3v) is 4.70. The molecule has 0 saturated heterocycles. The molecule has 3 nitrogen and oxygen atoms in total. The van der Waals surface area contributed by atoms with Crippen LogP contribution in [0.1, 0.15) is 50.4 Å². The number of aliphatic hydroxyl groups is 1. The van der Waals surface area contributed by atoms with Crippen molar-refractivity contribution < 1.29 is 9.52 Å². The third-order valence-electron chi connectivity index (χ3n) is 4.70. The molecule has 1 fully saturated rings. The lowest BCUT2D eigenvalue weighted by atomic mass is 9.77. The van der Waals surface area contributed by atoms with Crippen LogP contribution in [0.15, 0.2) is 16.7 Å². The highest BCUT2D eigenvalue weighted by Crippen LogP contribution is 2.32. The van der Waals surface area contributed by atoms with Crippen molar-refractivity contribution in [3.63, 3.8) is 0 Å². The van der Waals surface area contributed by atoms with Gasteiger partial charge in [0.15, 0.2) is 0 Å². The van der Waals surface area contributed by atoms with Crippen molar-refractivity contribution in [1.29, 1.82) is 0 Å². The molecule has 114 valence electrons. The maximum Gasteiger partial charge on any atom is 0.105 e. The highest BCUT2D eigenvalue weighted by atomic mass is 16.3. The van der Waals surface area contributed by atoms with Crippen molar-refractivity contribution in [2.24, 2.45) is 11.8 Å². The molecule has 1 aromatic rings. The molecule has 1 aliphatic carbocycles. The molecule has 2 rings (SSSR count). The van der Waals surface area contributed by atoms with Gasteiger partial charge in [0.05, 0.1) is 12.4 Å². The van der Waals surface area contributed by atoms with E-state index in [2.05, 4.69) is 18.9 Å². The summed E-state index contributed by atoms with van der Waals surface area (Å²) in [5.41, 5.74) is 1.25. The predicted octanol–water partition coefficient (Wildman–Crippen LogP) is 3.60. The molecule has 0 spiro atoms. The summed E-state index contributed by atoms with van der Waals surface area (Å²) >= 11 is 0. The highest BCUT2D eigenvalue weighted by molar-refractivity contribution is 5.15. The lowest BCUT2D eigenvalue weighted by molar-refractivity contribution is 0.0287. The second-order valence-corrected chi connectivity index (χ2v) is 6.49. The quantitative estimate of drug-likeness (QED) is 0.864. The van der Waals surface area contributed by atoms with Gasteiger partial charge in [-0.3, -0.25) is 0 Å². The van der Waals surface area contributed by atoms with Crippen LogP contribution < -0.4 is 0 Å². The van der Waals surface area contributed by atoms with Crippen molar-refractivity contribution in [1.82, 2.24) is 4.90 Å². The van der Waals surface area contributed by atoms with Crippen LogP contribution in [-0.4, -0.2) is 29.7 Å². The van der Waals surface area contributed by atoms with Gasteiger partial charge in [-0.25, -0.2) is 0 Å². The second-order valence-electron chi connectivity index (χ2n) is 6.49. The van der Waals surface area contributed by atoms with E-state index in [1.807, 2.05) is 13.0 Å². The van der Waals surface area contributed by atoms with E-state index in [0.717, 1.165) is 31.2 Å². The Morgan fingerprint density at radius 2 is 2.20 bits per heavy atom. The number of nitrogens with zero attached hydrogens (tertiary/aromatic N) is 1. The van der Waals surface area contributed by atoms with E-state index in [1.165, 1.54) is 31.2 Å². The normalized spacial score (nSPS) is 27.1. The Bertz CT molecular complexity index is 401. The first-order chi connectivity index (χ1) is 9.60. The summed E-state index contributed by atoms with van der Waals surface area (Å²) in [5.74, 6) is 2.25. The Hall–Kier alpha value is -0.800. The van der Waals surface area contributed by atoms with Crippen LogP contribution in [0, 0.1) is 18.8 Å². The molecule has 20 heavy (non-hydrogen) atoms. The van der Waals surface area contributed by atoms with E-state index in [4.69, 9.17) is 4.42 Å². The number of aliphatic hydroxyl groups excluding tert-OH is 1. The van der Waals surface area contributed by atoms with Crippen molar-refractivity contribution >= 4 is 0 Å². The Morgan fingerprint density at radius 1 is 1.40 bits per heavy atom. The lowest BCUT2D eigenvalue weighted by Gasteiger charge is -2.35. The summed E-state index contributed by atoms with van der Waals surface area (Å²) in [7, 11) is 2.14. The van der Waals surface area contributed by atoms with E-state index < -0.39 is 0 Å². The fraction of sp³-hybridized carbons (Fsp3) is 0.765. The Labute approximate surface area is 123 Å². The van der Waals surface area contributed by atoms with E-state index in [0.29, 0.717) is 5.92 Å². The molecule has 3 atom stereocenters. The van der Waals surface area contributed by atoms with Crippen LogP contribution in [-0.2, 0) is 6.54 Å². The zero-order chi connectivity index (χ0) is 14.5. The molecular formula is C17H29NO2. The molecule has 1 aromatic heterocycles. The molecule has 1 N–H and O–H groups in total. The maximum atomic E-state index is 10.2. The molecule has 1 saturated carbocycles. The van der Waals surface area contributed by atoms with Gasteiger partial charge in [0.1, 0.15) is 5.76 Å². The van der Waals surface area contributed by atoms with E-state index in [-0.39, 0.29) is 6.10 Å². The van der Waals surface area contributed by atoms with E-state index in [9.17, 15) is 5.11 Å². The van der Waals surface area contributed by atoms with Gasteiger partial charge >= 0.3 is 0 Å². The second kappa shape index (κ2) is 7.28. The van der Waals surface area contributed by atoms with E-state index >= 15 is 0 Å².